The lowest BCUT2D eigenvalue weighted by molar-refractivity contribution is -0.385. The van der Waals surface area contributed by atoms with Crippen LogP contribution in [0.25, 0.3) is 0 Å². The van der Waals surface area contributed by atoms with Gasteiger partial charge >= 0.3 is 7.12 Å². The van der Waals surface area contributed by atoms with Crippen LogP contribution in [0.4, 0.5) is 11.4 Å². The lowest BCUT2D eigenvalue weighted by atomic mass is 9.63. The first-order valence-electron chi connectivity index (χ1n) is 14.3. The van der Waals surface area contributed by atoms with Gasteiger partial charge in [0.15, 0.2) is 0 Å². The largest absolute Gasteiger partial charge is 0.495 e. The zero-order chi connectivity index (χ0) is 30.4. The molecule has 7 rings (SSSR count). The van der Waals surface area contributed by atoms with Gasteiger partial charge in [0.25, 0.3) is 11.4 Å². The molecule has 0 amide bonds. The molecule has 0 N–H and O–H groups in total. The molecule has 4 aliphatic carbocycles. The molecule has 5 aliphatic rings. The number of halogens is 1. The Labute approximate surface area is 252 Å². The van der Waals surface area contributed by atoms with E-state index in [1.807, 2.05) is 39.8 Å². The number of hydrogen-bond acceptors (Lipinski definition) is 8. The van der Waals surface area contributed by atoms with Gasteiger partial charge in [0.05, 0.1) is 31.9 Å². The maximum atomic E-state index is 12.6. The third kappa shape index (κ3) is 4.12. The summed E-state index contributed by atoms with van der Waals surface area (Å²) in [6, 6.07) is 6.80. The third-order valence-corrected chi connectivity index (χ3v) is 11.0. The van der Waals surface area contributed by atoms with Crippen molar-refractivity contribution in [2.45, 2.75) is 101 Å². The van der Waals surface area contributed by atoms with E-state index in [1.54, 1.807) is 0 Å². The molecule has 1 aliphatic heterocycles. The maximum Gasteiger partial charge on any atom is 0.495 e. The van der Waals surface area contributed by atoms with E-state index in [0.717, 1.165) is 49.7 Å². The number of carbonyl (C=O) groups excluding carboxylic acids is 2. The molecule has 0 bridgehead atoms. The van der Waals surface area contributed by atoms with Gasteiger partial charge in [-0.05, 0) is 76.0 Å². The van der Waals surface area contributed by atoms with Gasteiger partial charge in [-0.15, -0.1) is 0 Å². The van der Waals surface area contributed by atoms with Crippen LogP contribution in [0.15, 0.2) is 28.7 Å². The second kappa shape index (κ2) is 9.52. The highest BCUT2D eigenvalue weighted by atomic mass is 79.9. The number of nitrogens with zero attached hydrogens (tertiary/aromatic N) is 2. The molecule has 1 saturated heterocycles. The van der Waals surface area contributed by atoms with E-state index in [0.29, 0.717) is 21.1 Å². The molecule has 10 nitrogen and oxygen atoms in total. The van der Waals surface area contributed by atoms with Crippen LogP contribution in [0.3, 0.4) is 0 Å². The number of benzene rings is 2. The van der Waals surface area contributed by atoms with Crippen molar-refractivity contribution in [3.05, 3.63) is 71.2 Å². The second-order valence-electron chi connectivity index (χ2n) is 13.2. The summed E-state index contributed by atoms with van der Waals surface area (Å²) in [5.41, 5.74) is 1.68. The smallest absolute Gasteiger partial charge is 0.399 e. The van der Waals surface area contributed by atoms with Gasteiger partial charge in [-0.3, -0.25) is 29.8 Å². The first-order valence-corrected chi connectivity index (χ1v) is 15.1. The van der Waals surface area contributed by atoms with Gasteiger partial charge in [0.1, 0.15) is 11.6 Å². The molecule has 0 unspecified atom stereocenters. The fourth-order valence-corrected chi connectivity index (χ4v) is 7.53. The number of nitro groups is 2. The number of carbonyl (C=O) groups is 2. The quantitative estimate of drug-likeness (QED) is 0.249. The zero-order valence-electron chi connectivity index (χ0n) is 24.1. The highest BCUT2D eigenvalue weighted by Gasteiger charge is 2.56. The molecule has 0 radical (unpaired) electrons. The van der Waals surface area contributed by atoms with Crippen molar-refractivity contribution in [1.82, 2.24) is 0 Å². The van der Waals surface area contributed by atoms with Crippen molar-refractivity contribution in [3.8, 4) is 0 Å². The van der Waals surface area contributed by atoms with Crippen LogP contribution in [0.1, 0.15) is 88.5 Å². The molecule has 220 valence electrons. The lowest BCUT2D eigenvalue weighted by Gasteiger charge is -2.37. The van der Waals surface area contributed by atoms with Gasteiger partial charge in [-0.1, -0.05) is 34.8 Å². The Hall–Kier alpha value is -2.96. The van der Waals surface area contributed by atoms with Gasteiger partial charge in [0.2, 0.25) is 0 Å². The Balaban J connectivity index is 0.000000162. The molecule has 3 fully saturated rings. The normalized spacial score (nSPS) is 23.1. The summed E-state index contributed by atoms with van der Waals surface area (Å²) in [6.07, 6.45) is 5.64. The molecule has 42 heavy (non-hydrogen) atoms. The summed E-state index contributed by atoms with van der Waals surface area (Å²) in [4.78, 5) is 46.5. The summed E-state index contributed by atoms with van der Waals surface area (Å²) in [6.45, 7) is 7.80. The van der Waals surface area contributed by atoms with Crippen LogP contribution in [0, 0.1) is 20.2 Å². The average Bonchev–Trinajstić information content (AvgIpc) is 3.39. The van der Waals surface area contributed by atoms with E-state index in [-0.39, 0.29) is 35.8 Å². The van der Waals surface area contributed by atoms with E-state index >= 15 is 0 Å². The van der Waals surface area contributed by atoms with Gasteiger partial charge in [-0.25, -0.2) is 0 Å². The first kappa shape index (κ1) is 29.1. The van der Waals surface area contributed by atoms with E-state index < -0.39 is 39.0 Å². The summed E-state index contributed by atoms with van der Waals surface area (Å²) in [5.74, 6) is 0.267. The molecule has 2 aromatic carbocycles. The van der Waals surface area contributed by atoms with Gasteiger partial charge < -0.3 is 9.31 Å². The Morgan fingerprint density at radius 3 is 1.57 bits per heavy atom. The highest BCUT2D eigenvalue weighted by Crippen LogP contribution is 2.53. The molecule has 12 heteroatoms. The van der Waals surface area contributed by atoms with E-state index in [4.69, 9.17) is 9.31 Å². The molecule has 1 heterocycles. The van der Waals surface area contributed by atoms with E-state index in [2.05, 4.69) is 15.9 Å². The number of rotatable bonds is 3. The molecule has 0 aromatic heterocycles. The van der Waals surface area contributed by atoms with Crippen LogP contribution in [-0.2, 0) is 42.6 Å². The Bertz CT molecular complexity index is 1560. The third-order valence-electron chi connectivity index (χ3n) is 10.5. The molecule has 2 aromatic rings. The minimum absolute atomic E-state index is 0.0133. The monoisotopic (exact) mass is 638 g/mol. The minimum atomic E-state index is -0.665. The summed E-state index contributed by atoms with van der Waals surface area (Å²) in [5, 5.41) is 22.6. The highest BCUT2D eigenvalue weighted by molar-refractivity contribution is 9.10. The fourth-order valence-electron chi connectivity index (χ4n) is 7.08. The Morgan fingerprint density at radius 1 is 0.738 bits per heavy atom. The van der Waals surface area contributed by atoms with Crippen molar-refractivity contribution in [2.24, 2.45) is 0 Å². The Morgan fingerprint density at radius 2 is 1.17 bits per heavy atom. The van der Waals surface area contributed by atoms with Crippen LogP contribution < -0.4 is 5.46 Å². The maximum absolute atomic E-state index is 12.6. The molecular formula is C30H32BBrN2O8. The predicted octanol–water partition coefficient (Wildman–Crippen LogP) is 5.35. The minimum Gasteiger partial charge on any atom is -0.399 e. The van der Waals surface area contributed by atoms with E-state index in [1.165, 1.54) is 12.1 Å². The van der Waals surface area contributed by atoms with E-state index in [9.17, 15) is 29.8 Å². The summed E-state index contributed by atoms with van der Waals surface area (Å²) < 4.78 is 12.8. The van der Waals surface area contributed by atoms with Crippen LogP contribution in [0.5, 0.6) is 0 Å². The molecule has 2 saturated carbocycles. The second-order valence-corrected chi connectivity index (χ2v) is 14.1. The average molecular weight is 639 g/mol. The van der Waals surface area contributed by atoms with Gasteiger partial charge in [-0.2, -0.15) is 0 Å². The predicted molar refractivity (Wildman–Crippen MR) is 158 cm³/mol. The molecular weight excluding hydrogens is 607 g/mol. The first-order chi connectivity index (χ1) is 19.6. The fraction of sp³-hybridized carbons (Fsp3) is 0.533. The lowest BCUT2D eigenvalue weighted by Crippen LogP contribution is -2.41. The number of nitro benzene ring substituents is 2. The topological polar surface area (TPSA) is 139 Å². The number of ketones is 2. The SMILES string of the molecule is CC1(C)OB(c2cc([N+](=O)[O-])c3c(c2)C2(CCC2)C(=O)C3)OC1(C)C.O=C1Cc2c([N+](=O)[O-])cc(Br)cc2C12CCC2. The summed E-state index contributed by atoms with van der Waals surface area (Å²) >= 11 is 3.29. The van der Waals surface area contributed by atoms with Crippen molar-refractivity contribution in [1.29, 1.82) is 0 Å². The van der Waals surface area contributed by atoms with Crippen LogP contribution in [-0.4, -0.2) is 39.7 Å². The number of Topliss-reactive ketones (excluding diaryl/α,β-unsaturated/α-hetero) is 2. The van der Waals surface area contributed by atoms with Crippen molar-refractivity contribution in [3.63, 3.8) is 0 Å². The Kier molecular flexibility index (Phi) is 6.61. The van der Waals surface area contributed by atoms with Crippen molar-refractivity contribution >= 4 is 51.5 Å². The van der Waals surface area contributed by atoms with Crippen molar-refractivity contribution in [2.75, 3.05) is 0 Å². The van der Waals surface area contributed by atoms with Gasteiger partial charge in [0, 0.05) is 40.6 Å². The number of fused-ring (bicyclic) bond motifs is 4. The van der Waals surface area contributed by atoms with Crippen LogP contribution >= 0.6 is 15.9 Å². The molecule has 2 spiro atoms. The standard InChI is InChI=1S/C18H22BNO5.C12H10BrNO3/c1-16(2)17(3,4)25-19(24-16)11-8-13-12(14(9-11)20(22)23)10-15(21)18(13)6-5-7-18;13-7-4-9-8(10(5-7)14(16)17)6-11(15)12(9)2-1-3-12/h8-9H,5-7,10H2,1-4H3;4-5H,1-3,6H2. The van der Waals surface area contributed by atoms with Crippen LogP contribution in [0.2, 0.25) is 0 Å². The number of hydrogen-bond donors (Lipinski definition) is 0. The molecule has 0 atom stereocenters. The zero-order valence-corrected chi connectivity index (χ0v) is 25.7. The van der Waals surface area contributed by atoms with Crippen molar-refractivity contribution < 1.29 is 28.7 Å². The summed E-state index contributed by atoms with van der Waals surface area (Å²) in [7, 11) is -0.665.